The van der Waals surface area contributed by atoms with Gasteiger partial charge in [-0.25, -0.2) is 9.78 Å². The lowest BCUT2D eigenvalue weighted by Crippen LogP contribution is -2.23. The fourth-order valence-corrected chi connectivity index (χ4v) is 4.63. The molecule has 2 aromatic heterocycles. The van der Waals surface area contributed by atoms with Gasteiger partial charge in [0, 0.05) is 17.7 Å². The molecule has 3 heterocycles. The van der Waals surface area contributed by atoms with Crippen LogP contribution in [0.2, 0.25) is 0 Å². The summed E-state index contributed by atoms with van der Waals surface area (Å²) in [5.41, 5.74) is 1.01. The number of nitrogens with one attached hydrogen (secondary N) is 1. The smallest absolute Gasteiger partial charge is 0.347 e. The third-order valence-corrected chi connectivity index (χ3v) is 5.79. The second-order valence-corrected chi connectivity index (χ2v) is 7.42. The fourth-order valence-electron chi connectivity index (χ4n) is 3.35. The number of hydrogen-bond acceptors (Lipinski definition) is 7. The van der Waals surface area contributed by atoms with Crippen molar-refractivity contribution in [1.82, 2.24) is 9.97 Å². The predicted octanol–water partition coefficient (Wildman–Crippen LogP) is 1.65. The monoisotopic (exact) mass is 362 g/mol. The van der Waals surface area contributed by atoms with Crippen LogP contribution in [0, 0.1) is 0 Å². The Hall–Kier alpha value is -2.22. The van der Waals surface area contributed by atoms with Crippen LogP contribution in [0.4, 0.5) is 0 Å². The molecule has 0 bridgehead atoms. The molecule has 1 fully saturated rings. The number of aryl methyl sites for hydroxylation is 3. The SMILES string of the molecule is O=C(CCc1nc2sc3c(c2c(=O)[nH]1)CCCC3)O[C@H]1CCOC1=O. The van der Waals surface area contributed by atoms with Gasteiger partial charge in [-0.3, -0.25) is 9.59 Å². The maximum atomic E-state index is 12.4. The van der Waals surface area contributed by atoms with E-state index < -0.39 is 18.0 Å². The quantitative estimate of drug-likeness (QED) is 0.831. The summed E-state index contributed by atoms with van der Waals surface area (Å²) in [4.78, 5) is 44.9. The number of nitrogens with zero attached hydrogens (tertiary/aromatic N) is 1. The van der Waals surface area contributed by atoms with Gasteiger partial charge in [-0.15, -0.1) is 11.3 Å². The molecule has 0 unspecified atom stereocenters. The van der Waals surface area contributed by atoms with E-state index in [1.807, 2.05) is 0 Å². The van der Waals surface area contributed by atoms with Gasteiger partial charge in [0.15, 0.2) is 0 Å². The Morgan fingerprint density at radius 1 is 1.32 bits per heavy atom. The number of aromatic nitrogens is 2. The first-order valence-corrected chi connectivity index (χ1v) is 9.33. The standard InChI is InChI=1S/C17H18N2O5S/c20-13(24-10-7-8-23-17(10)22)6-5-12-18-15(21)14-9-3-1-2-4-11(9)25-16(14)19-12/h10H,1-8H2,(H,18,19,21)/t10-/m0/s1. The Morgan fingerprint density at radius 3 is 2.96 bits per heavy atom. The van der Waals surface area contributed by atoms with Crippen molar-refractivity contribution in [2.24, 2.45) is 0 Å². The van der Waals surface area contributed by atoms with Crippen LogP contribution in [-0.2, 0) is 38.3 Å². The van der Waals surface area contributed by atoms with Crippen LogP contribution in [-0.4, -0.2) is 34.6 Å². The molecule has 0 aromatic carbocycles. The van der Waals surface area contributed by atoms with Crippen LogP contribution in [0.1, 0.15) is 41.9 Å². The first kappa shape index (κ1) is 16.3. The van der Waals surface area contributed by atoms with Crippen LogP contribution in [0.3, 0.4) is 0 Å². The highest BCUT2D eigenvalue weighted by Gasteiger charge is 2.30. The van der Waals surface area contributed by atoms with Crippen molar-refractivity contribution in [3.05, 3.63) is 26.6 Å². The zero-order chi connectivity index (χ0) is 17.4. The highest BCUT2D eigenvalue weighted by atomic mass is 32.1. The number of carbonyl (C=O) groups is 2. The van der Waals surface area contributed by atoms with Crippen molar-refractivity contribution in [3.63, 3.8) is 0 Å². The number of esters is 2. The number of rotatable bonds is 4. The second kappa shape index (κ2) is 6.59. The van der Waals surface area contributed by atoms with E-state index in [4.69, 9.17) is 9.47 Å². The molecule has 1 N–H and O–H groups in total. The Bertz CT molecular complexity index is 900. The van der Waals surface area contributed by atoms with Crippen molar-refractivity contribution in [2.75, 3.05) is 6.61 Å². The zero-order valence-corrected chi connectivity index (χ0v) is 14.4. The average molecular weight is 362 g/mol. The number of thiophene rings is 1. The van der Waals surface area contributed by atoms with E-state index in [9.17, 15) is 14.4 Å². The van der Waals surface area contributed by atoms with Gasteiger partial charge in [-0.1, -0.05) is 0 Å². The Kier molecular flexibility index (Phi) is 4.29. The van der Waals surface area contributed by atoms with Crippen LogP contribution in [0.5, 0.6) is 0 Å². The third-order valence-electron chi connectivity index (χ3n) is 4.60. The van der Waals surface area contributed by atoms with Crippen LogP contribution < -0.4 is 5.56 Å². The molecule has 1 aliphatic heterocycles. The largest absolute Gasteiger partial charge is 0.463 e. The molecule has 0 saturated carbocycles. The van der Waals surface area contributed by atoms with Gasteiger partial charge in [0.1, 0.15) is 10.7 Å². The van der Waals surface area contributed by atoms with Crippen molar-refractivity contribution in [3.8, 4) is 0 Å². The lowest BCUT2D eigenvalue weighted by molar-refractivity contribution is -0.160. The van der Waals surface area contributed by atoms with Crippen LogP contribution in [0.15, 0.2) is 4.79 Å². The zero-order valence-electron chi connectivity index (χ0n) is 13.6. The summed E-state index contributed by atoms with van der Waals surface area (Å²) < 4.78 is 9.86. The number of carbonyl (C=O) groups excluding carboxylic acids is 2. The van der Waals surface area contributed by atoms with E-state index in [1.165, 1.54) is 4.88 Å². The van der Waals surface area contributed by atoms with Gasteiger partial charge in [0.25, 0.3) is 5.56 Å². The van der Waals surface area contributed by atoms with E-state index in [0.717, 1.165) is 36.1 Å². The molecular formula is C17H18N2O5S. The molecule has 0 spiro atoms. The molecule has 0 amide bonds. The lowest BCUT2D eigenvalue weighted by atomic mass is 9.97. The van der Waals surface area contributed by atoms with Gasteiger partial charge in [0.05, 0.1) is 18.4 Å². The Morgan fingerprint density at radius 2 is 2.16 bits per heavy atom. The van der Waals surface area contributed by atoms with Gasteiger partial charge < -0.3 is 14.5 Å². The number of ether oxygens (including phenoxy) is 2. The normalized spacial score (nSPS) is 19.7. The molecule has 7 nitrogen and oxygen atoms in total. The van der Waals surface area contributed by atoms with E-state index in [0.29, 0.717) is 17.6 Å². The average Bonchev–Trinajstić information content (AvgIpc) is 3.16. The van der Waals surface area contributed by atoms with Gasteiger partial charge in [0.2, 0.25) is 6.10 Å². The topological polar surface area (TPSA) is 98.3 Å². The number of fused-ring (bicyclic) bond motifs is 3. The highest BCUT2D eigenvalue weighted by molar-refractivity contribution is 7.18. The third kappa shape index (κ3) is 3.18. The molecule has 8 heteroatoms. The summed E-state index contributed by atoms with van der Waals surface area (Å²) in [6.07, 6.45) is 4.13. The number of aromatic amines is 1. The number of hydrogen-bond donors (Lipinski definition) is 1. The summed E-state index contributed by atoms with van der Waals surface area (Å²) in [7, 11) is 0. The van der Waals surface area contributed by atoms with Crippen LogP contribution >= 0.6 is 11.3 Å². The van der Waals surface area contributed by atoms with Gasteiger partial charge in [-0.2, -0.15) is 0 Å². The summed E-state index contributed by atoms with van der Waals surface area (Å²) >= 11 is 1.58. The first-order chi connectivity index (χ1) is 12.1. The summed E-state index contributed by atoms with van der Waals surface area (Å²) in [6, 6.07) is 0. The van der Waals surface area contributed by atoms with E-state index in [-0.39, 0.29) is 25.0 Å². The minimum Gasteiger partial charge on any atom is -0.463 e. The van der Waals surface area contributed by atoms with Gasteiger partial charge >= 0.3 is 11.9 Å². The van der Waals surface area contributed by atoms with Crippen molar-refractivity contribution in [2.45, 2.75) is 51.0 Å². The molecule has 2 aliphatic rings. The molecule has 25 heavy (non-hydrogen) atoms. The second-order valence-electron chi connectivity index (χ2n) is 6.34. The highest BCUT2D eigenvalue weighted by Crippen LogP contribution is 2.33. The number of cyclic esters (lactones) is 1. The molecule has 2 aromatic rings. The molecule has 4 rings (SSSR count). The molecular weight excluding hydrogens is 344 g/mol. The summed E-state index contributed by atoms with van der Waals surface area (Å²) in [6.45, 7) is 0.283. The van der Waals surface area contributed by atoms with Crippen LogP contribution in [0.25, 0.3) is 10.2 Å². The fraction of sp³-hybridized carbons (Fsp3) is 0.529. The molecule has 132 valence electrons. The maximum Gasteiger partial charge on any atom is 0.347 e. The predicted molar refractivity (Wildman–Crippen MR) is 90.7 cm³/mol. The van der Waals surface area contributed by atoms with Crippen molar-refractivity contribution >= 4 is 33.5 Å². The van der Waals surface area contributed by atoms with E-state index in [1.54, 1.807) is 11.3 Å². The lowest BCUT2D eigenvalue weighted by Gasteiger charge is -2.09. The maximum absolute atomic E-state index is 12.4. The minimum absolute atomic E-state index is 0.0588. The van der Waals surface area contributed by atoms with Crippen molar-refractivity contribution in [1.29, 1.82) is 0 Å². The Balaban J connectivity index is 1.47. The number of H-pyrrole nitrogens is 1. The van der Waals surface area contributed by atoms with Gasteiger partial charge in [-0.05, 0) is 31.2 Å². The minimum atomic E-state index is -0.800. The summed E-state index contributed by atoms with van der Waals surface area (Å²) in [5.74, 6) is -0.510. The van der Waals surface area contributed by atoms with Crippen molar-refractivity contribution < 1.29 is 19.1 Å². The molecule has 1 atom stereocenters. The van der Waals surface area contributed by atoms with E-state index >= 15 is 0 Å². The molecule has 1 aliphatic carbocycles. The Labute approximate surface area is 147 Å². The first-order valence-electron chi connectivity index (χ1n) is 8.51. The summed E-state index contributed by atoms with van der Waals surface area (Å²) in [5, 5.41) is 0.708. The van der Waals surface area contributed by atoms with E-state index in [2.05, 4.69) is 9.97 Å². The molecule has 1 saturated heterocycles. The molecule has 0 radical (unpaired) electrons.